The highest BCUT2D eigenvalue weighted by Crippen LogP contribution is 2.51. The number of carbonyl (C=O) groups excluding carboxylic acids is 1. The summed E-state index contributed by atoms with van der Waals surface area (Å²) in [5, 5.41) is 12.6. The van der Waals surface area contributed by atoms with Crippen molar-refractivity contribution >= 4 is 56.5 Å². The lowest BCUT2D eigenvalue weighted by Gasteiger charge is -2.21. The van der Waals surface area contributed by atoms with E-state index in [2.05, 4.69) is 5.32 Å². The van der Waals surface area contributed by atoms with Gasteiger partial charge < -0.3 is 24.1 Å². The van der Waals surface area contributed by atoms with Crippen LogP contribution in [0.3, 0.4) is 0 Å². The normalized spacial score (nSPS) is 11.6. The average Bonchev–Trinajstić information content (AvgIpc) is 2.78. The van der Waals surface area contributed by atoms with Crippen LogP contribution in [0.25, 0.3) is 22.3 Å². The minimum Gasteiger partial charge on any atom is -0.506 e. The standard InChI is InChI=1S/C24H22Cl3NO7S/c1-13-5-7-14(8-6-13)16-12-19(33-2)20(22(21(16)34-3)35-36(4,31)32)15-9-10-18(29)17(11-15)28-23(30)24(25,26)27/h5-12,29H,1-4H3,(H,28,30). The van der Waals surface area contributed by atoms with E-state index < -0.39 is 19.8 Å². The summed E-state index contributed by atoms with van der Waals surface area (Å²) in [6.07, 6.45) is 0.894. The Bertz CT molecular complexity index is 1400. The summed E-state index contributed by atoms with van der Waals surface area (Å²) in [5.74, 6) is -1.13. The second-order valence-electron chi connectivity index (χ2n) is 7.70. The van der Waals surface area contributed by atoms with Crippen LogP contribution in [0.5, 0.6) is 23.0 Å². The number of methoxy groups -OCH3 is 2. The molecule has 0 radical (unpaired) electrons. The first kappa shape index (κ1) is 27.7. The van der Waals surface area contributed by atoms with Crippen molar-refractivity contribution in [1.29, 1.82) is 0 Å². The minimum absolute atomic E-state index is 0.0993. The van der Waals surface area contributed by atoms with Crippen molar-refractivity contribution < 1.29 is 32.0 Å². The zero-order valence-corrected chi connectivity index (χ0v) is 22.6. The number of ether oxygens (including phenoxy) is 2. The van der Waals surface area contributed by atoms with Gasteiger partial charge >= 0.3 is 10.1 Å². The molecule has 0 aliphatic heterocycles. The molecule has 36 heavy (non-hydrogen) atoms. The van der Waals surface area contributed by atoms with Crippen molar-refractivity contribution in [2.45, 2.75) is 10.7 Å². The van der Waals surface area contributed by atoms with Gasteiger partial charge in [-0.1, -0.05) is 70.7 Å². The number of hydrogen-bond donors (Lipinski definition) is 2. The SMILES string of the molecule is COc1cc(-c2ccc(C)cc2)c(OC)c(OS(C)(=O)=O)c1-c1ccc(O)c(NC(=O)C(Cl)(Cl)Cl)c1. The van der Waals surface area contributed by atoms with Gasteiger partial charge in [0.1, 0.15) is 11.5 Å². The third-order valence-electron chi connectivity index (χ3n) is 5.01. The van der Waals surface area contributed by atoms with Crippen molar-refractivity contribution in [3.8, 4) is 45.3 Å². The quantitative estimate of drug-likeness (QED) is 0.212. The van der Waals surface area contributed by atoms with Crippen molar-refractivity contribution in [3.05, 3.63) is 54.1 Å². The van der Waals surface area contributed by atoms with Gasteiger partial charge in [0.15, 0.2) is 11.5 Å². The predicted octanol–water partition coefficient (Wildman–Crippen LogP) is 5.70. The van der Waals surface area contributed by atoms with Crippen LogP contribution in [0.15, 0.2) is 48.5 Å². The molecule has 0 spiro atoms. The van der Waals surface area contributed by atoms with Crippen molar-refractivity contribution in [2.24, 2.45) is 0 Å². The summed E-state index contributed by atoms with van der Waals surface area (Å²) >= 11 is 16.9. The third-order valence-corrected chi connectivity index (χ3v) is 6.00. The van der Waals surface area contributed by atoms with E-state index in [1.165, 1.54) is 32.4 Å². The molecule has 0 unspecified atom stereocenters. The average molecular weight is 575 g/mol. The van der Waals surface area contributed by atoms with Gasteiger partial charge in [-0.3, -0.25) is 4.79 Å². The van der Waals surface area contributed by atoms with Crippen LogP contribution in [-0.4, -0.2) is 43.7 Å². The molecule has 0 saturated heterocycles. The minimum atomic E-state index is -4.03. The Morgan fingerprint density at radius 2 is 1.56 bits per heavy atom. The molecular formula is C24H22Cl3NO7S. The number of anilines is 1. The van der Waals surface area contributed by atoms with Gasteiger partial charge in [0.05, 0.1) is 31.7 Å². The van der Waals surface area contributed by atoms with Crippen LogP contribution >= 0.6 is 34.8 Å². The zero-order chi connectivity index (χ0) is 26.8. The Hall–Kier alpha value is -2.85. The highest BCUT2D eigenvalue weighted by Gasteiger charge is 2.32. The molecule has 3 aromatic carbocycles. The molecule has 0 atom stereocenters. The second-order valence-corrected chi connectivity index (χ2v) is 11.6. The number of aromatic hydroxyl groups is 1. The Morgan fingerprint density at radius 3 is 2.08 bits per heavy atom. The number of carbonyl (C=O) groups is 1. The molecule has 0 heterocycles. The van der Waals surface area contributed by atoms with Crippen LogP contribution in [0.1, 0.15) is 5.56 Å². The van der Waals surface area contributed by atoms with E-state index in [1.54, 1.807) is 6.07 Å². The molecule has 12 heteroatoms. The van der Waals surface area contributed by atoms with Crippen LogP contribution in [0.4, 0.5) is 5.69 Å². The summed E-state index contributed by atoms with van der Waals surface area (Å²) < 4.78 is 38.9. The first-order valence-corrected chi connectivity index (χ1v) is 13.2. The zero-order valence-electron chi connectivity index (χ0n) is 19.6. The fourth-order valence-electron chi connectivity index (χ4n) is 3.42. The molecule has 0 aliphatic rings. The van der Waals surface area contributed by atoms with Gasteiger partial charge in [-0.15, -0.1) is 0 Å². The lowest BCUT2D eigenvalue weighted by atomic mass is 9.95. The van der Waals surface area contributed by atoms with Gasteiger partial charge in [0, 0.05) is 5.56 Å². The van der Waals surface area contributed by atoms with Crippen molar-refractivity contribution in [3.63, 3.8) is 0 Å². The number of hydrogen-bond acceptors (Lipinski definition) is 7. The number of nitrogens with one attached hydrogen (secondary N) is 1. The first-order chi connectivity index (χ1) is 16.7. The third kappa shape index (κ3) is 6.28. The molecular weight excluding hydrogens is 553 g/mol. The van der Waals surface area contributed by atoms with Crippen LogP contribution in [-0.2, 0) is 14.9 Å². The highest BCUT2D eigenvalue weighted by atomic mass is 35.6. The smallest absolute Gasteiger partial charge is 0.306 e. The first-order valence-electron chi connectivity index (χ1n) is 10.2. The Labute approximate surface area is 223 Å². The number of benzene rings is 3. The predicted molar refractivity (Wildman–Crippen MR) is 141 cm³/mol. The van der Waals surface area contributed by atoms with Gasteiger partial charge in [0.2, 0.25) is 0 Å². The van der Waals surface area contributed by atoms with Gasteiger partial charge in [0.25, 0.3) is 9.70 Å². The molecule has 2 N–H and O–H groups in total. The lowest BCUT2D eigenvalue weighted by molar-refractivity contribution is -0.115. The maximum absolute atomic E-state index is 12.3. The molecule has 8 nitrogen and oxygen atoms in total. The molecule has 0 fully saturated rings. The van der Waals surface area contributed by atoms with Crippen molar-refractivity contribution in [2.75, 3.05) is 25.8 Å². The van der Waals surface area contributed by atoms with E-state index in [-0.39, 0.29) is 34.2 Å². The number of rotatable bonds is 7. The molecule has 0 aliphatic carbocycles. The summed E-state index contributed by atoms with van der Waals surface area (Å²) in [5.41, 5.74) is 2.65. The van der Waals surface area contributed by atoms with Gasteiger partial charge in [-0.2, -0.15) is 8.42 Å². The van der Waals surface area contributed by atoms with E-state index in [0.29, 0.717) is 11.1 Å². The van der Waals surface area contributed by atoms with E-state index in [1.807, 2.05) is 31.2 Å². The van der Waals surface area contributed by atoms with Crippen molar-refractivity contribution in [1.82, 2.24) is 0 Å². The topological polar surface area (TPSA) is 111 Å². The number of phenols is 1. The lowest BCUT2D eigenvalue weighted by Crippen LogP contribution is -2.26. The Morgan fingerprint density at radius 1 is 0.944 bits per heavy atom. The summed E-state index contributed by atoms with van der Waals surface area (Å²) in [4.78, 5) is 12.2. The fraction of sp³-hybridized carbons (Fsp3) is 0.208. The summed E-state index contributed by atoms with van der Waals surface area (Å²) in [6.45, 7) is 1.94. The van der Waals surface area contributed by atoms with E-state index in [4.69, 9.17) is 48.5 Å². The molecule has 3 aromatic rings. The van der Waals surface area contributed by atoms with E-state index >= 15 is 0 Å². The van der Waals surface area contributed by atoms with Crippen LogP contribution in [0.2, 0.25) is 0 Å². The maximum Gasteiger partial charge on any atom is 0.306 e. The molecule has 192 valence electrons. The summed E-state index contributed by atoms with van der Waals surface area (Å²) in [6, 6.07) is 13.2. The number of amides is 1. The molecule has 0 saturated carbocycles. The fourth-order valence-corrected chi connectivity index (χ4v) is 4.02. The van der Waals surface area contributed by atoms with Gasteiger partial charge in [-0.25, -0.2) is 0 Å². The molecule has 3 rings (SSSR count). The molecule has 0 aromatic heterocycles. The Balaban J connectivity index is 2.33. The monoisotopic (exact) mass is 573 g/mol. The molecule has 0 bridgehead atoms. The number of aryl methyl sites for hydroxylation is 1. The second kappa shape index (κ2) is 10.6. The number of alkyl halides is 3. The maximum atomic E-state index is 12.3. The van der Waals surface area contributed by atoms with Crippen LogP contribution in [0, 0.1) is 6.92 Å². The largest absolute Gasteiger partial charge is 0.506 e. The molecule has 1 amide bonds. The summed E-state index contributed by atoms with van der Waals surface area (Å²) in [7, 11) is -1.25. The number of halogens is 3. The van der Waals surface area contributed by atoms with E-state index in [9.17, 15) is 18.3 Å². The highest BCUT2D eigenvalue weighted by molar-refractivity contribution is 7.86. The van der Waals surface area contributed by atoms with Gasteiger partial charge in [-0.05, 0) is 36.2 Å². The Kier molecular flexibility index (Phi) is 8.20. The van der Waals surface area contributed by atoms with Crippen LogP contribution < -0.4 is 19.0 Å². The van der Waals surface area contributed by atoms with E-state index in [0.717, 1.165) is 17.4 Å². The number of phenolic OH excluding ortho intramolecular Hbond substituents is 1.